The monoisotopic (exact) mass is 419 g/mol. The molecule has 2 aliphatic heterocycles. The lowest BCUT2D eigenvalue weighted by molar-refractivity contribution is 0.0705. The minimum atomic E-state index is -0.309. The first kappa shape index (κ1) is 19.5. The lowest BCUT2D eigenvalue weighted by atomic mass is 10.1. The summed E-state index contributed by atoms with van der Waals surface area (Å²) in [7, 11) is 0. The minimum Gasteiger partial charge on any atom is -0.488 e. The van der Waals surface area contributed by atoms with Crippen molar-refractivity contribution in [3.05, 3.63) is 53.8 Å². The zero-order chi connectivity index (χ0) is 21.7. The van der Waals surface area contributed by atoms with Crippen molar-refractivity contribution in [1.29, 1.82) is 5.41 Å². The van der Waals surface area contributed by atoms with E-state index < -0.39 is 0 Å². The van der Waals surface area contributed by atoms with Gasteiger partial charge >= 0.3 is 0 Å². The number of amides is 1. The van der Waals surface area contributed by atoms with Crippen LogP contribution in [0.3, 0.4) is 0 Å². The van der Waals surface area contributed by atoms with E-state index in [0.717, 1.165) is 25.1 Å². The standard InChI is InChI=1S/C23H25N5O3/c1-14(2)22(29)28-7-5-17(12-20(28)24)26-8-9-31-19-11-16(13-25-21(19)26)23(30)27-6-3-4-15-10-18(15)27/h5,7,11-13,15,18,24H,1,3-4,6,8-10H2,2H3. The number of pyridine rings is 2. The Morgan fingerprint density at radius 2 is 2.13 bits per heavy atom. The smallest absolute Gasteiger partial charge is 0.258 e. The normalized spacial score (nSPS) is 21.6. The molecule has 0 bridgehead atoms. The molecule has 2 unspecified atom stereocenters. The largest absolute Gasteiger partial charge is 0.488 e. The number of carbonyl (C=O) groups excluding carboxylic acids is 2. The second-order valence-electron chi connectivity index (χ2n) is 8.48. The Morgan fingerprint density at radius 3 is 2.90 bits per heavy atom. The molecular formula is C23H25N5O3. The third-order valence-electron chi connectivity index (χ3n) is 6.26. The fourth-order valence-electron chi connectivity index (χ4n) is 4.54. The van der Waals surface area contributed by atoms with Gasteiger partial charge in [-0.15, -0.1) is 0 Å². The molecule has 2 aromatic rings. The molecule has 2 aromatic heterocycles. The molecule has 160 valence electrons. The van der Waals surface area contributed by atoms with Crippen molar-refractivity contribution in [2.45, 2.75) is 32.2 Å². The van der Waals surface area contributed by atoms with Crippen molar-refractivity contribution in [3.8, 4) is 5.75 Å². The summed E-state index contributed by atoms with van der Waals surface area (Å²) in [4.78, 5) is 33.7. The first-order chi connectivity index (χ1) is 14.9. The zero-order valence-electron chi connectivity index (χ0n) is 17.5. The van der Waals surface area contributed by atoms with Gasteiger partial charge in [0.05, 0.1) is 12.1 Å². The van der Waals surface area contributed by atoms with E-state index in [2.05, 4.69) is 11.6 Å². The number of ether oxygens (including phenoxy) is 1. The summed E-state index contributed by atoms with van der Waals surface area (Å²) < 4.78 is 7.08. The molecule has 8 heteroatoms. The molecule has 1 saturated heterocycles. The number of anilines is 2. The molecule has 1 N–H and O–H groups in total. The van der Waals surface area contributed by atoms with Crippen molar-refractivity contribution in [2.75, 3.05) is 24.6 Å². The van der Waals surface area contributed by atoms with Gasteiger partial charge in [-0.2, -0.15) is 0 Å². The summed E-state index contributed by atoms with van der Waals surface area (Å²) in [5.74, 6) is 1.55. The number of carbonyl (C=O) groups is 2. The van der Waals surface area contributed by atoms with Gasteiger partial charge in [-0.1, -0.05) is 6.58 Å². The second kappa shape index (κ2) is 7.37. The highest BCUT2D eigenvalue weighted by molar-refractivity contribution is 5.95. The van der Waals surface area contributed by atoms with Gasteiger partial charge < -0.3 is 14.5 Å². The molecule has 1 saturated carbocycles. The third-order valence-corrected chi connectivity index (χ3v) is 6.26. The predicted octanol–water partition coefficient (Wildman–Crippen LogP) is 2.73. The Bertz CT molecular complexity index is 1150. The molecule has 5 rings (SSSR count). The molecule has 2 fully saturated rings. The molecule has 0 radical (unpaired) electrons. The molecule has 0 spiro atoms. The SMILES string of the molecule is C=C(C)C(=O)n1ccc(N2CCOc3cc(C(=O)N4CCCC5CC54)cnc32)cc1=N. The van der Waals surface area contributed by atoms with Gasteiger partial charge in [-0.25, -0.2) is 4.98 Å². The fourth-order valence-corrected chi connectivity index (χ4v) is 4.54. The number of nitrogens with one attached hydrogen (secondary N) is 1. The number of fused-ring (bicyclic) bond motifs is 2. The molecule has 8 nitrogen and oxygen atoms in total. The molecule has 4 heterocycles. The van der Waals surface area contributed by atoms with E-state index in [1.54, 1.807) is 37.5 Å². The van der Waals surface area contributed by atoms with Crippen LogP contribution in [-0.4, -0.2) is 52.0 Å². The summed E-state index contributed by atoms with van der Waals surface area (Å²) in [6.45, 7) is 7.08. The molecule has 31 heavy (non-hydrogen) atoms. The van der Waals surface area contributed by atoms with Gasteiger partial charge in [0, 0.05) is 42.3 Å². The van der Waals surface area contributed by atoms with Crippen LogP contribution in [0.2, 0.25) is 0 Å². The number of hydrogen-bond acceptors (Lipinski definition) is 6. The van der Waals surface area contributed by atoms with E-state index in [-0.39, 0.29) is 17.3 Å². The van der Waals surface area contributed by atoms with Crippen LogP contribution in [0.4, 0.5) is 11.5 Å². The number of piperidine rings is 1. The van der Waals surface area contributed by atoms with Crippen LogP contribution < -0.4 is 15.1 Å². The summed E-state index contributed by atoms with van der Waals surface area (Å²) in [6.07, 6.45) is 6.59. The first-order valence-corrected chi connectivity index (χ1v) is 10.6. The van der Waals surface area contributed by atoms with Gasteiger partial charge in [-0.05, 0) is 44.2 Å². The van der Waals surface area contributed by atoms with Crippen LogP contribution in [0.15, 0.2) is 42.7 Å². The second-order valence-corrected chi connectivity index (χ2v) is 8.48. The van der Waals surface area contributed by atoms with E-state index in [9.17, 15) is 9.59 Å². The van der Waals surface area contributed by atoms with Gasteiger partial charge in [-0.3, -0.25) is 19.6 Å². The Labute approximate surface area is 180 Å². The maximum Gasteiger partial charge on any atom is 0.258 e. The summed E-state index contributed by atoms with van der Waals surface area (Å²) in [5, 5.41) is 8.24. The number of rotatable bonds is 3. The number of aromatic nitrogens is 2. The Morgan fingerprint density at radius 1 is 1.29 bits per heavy atom. The maximum atomic E-state index is 13.0. The maximum absolute atomic E-state index is 13.0. The number of hydrogen-bond donors (Lipinski definition) is 1. The van der Waals surface area contributed by atoms with Crippen molar-refractivity contribution in [2.24, 2.45) is 5.92 Å². The number of allylic oxidation sites excluding steroid dienone is 1. The van der Waals surface area contributed by atoms with Gasteiger partial charge in [0.2, 0.25) is 0 Å². The van der Waals surface area contributed by atoms with E-state index in [4.69, 9.17) is 10.1 Å². The van der Waals surface area contributed by atoms with Crippen LogP contribution in [-0.2, 0) is 0 Å². The molecule has 0 aromatic carbocycles. The van der Waals surface area contributed by atoms with Crippen molar-refractivity contribution >= 4 is 23.3 Å². The van der Waals surface area contributed by atoms with Crippen LogP contribution in [0, 0.1) is 11.3 Å². The van der Waals surface area contributed by atoms with Crippen LogP contribution in [0.1, 0.15) is 41.3 Å². The number of nitrogens with zero attached hydrogens (tertiary/aromatic N) is 4. The predicted molar refractivity (Wildman–Crippen MR) is 115 cm³/mol. The third kappa shape index (κ3) is 3.41. The minimum absolute atomic E-state index is 0.0238. The first-order valence-electron chi connectivity index (χ1n) is 10.6. The molecular weight excluding hydrogens is 394 g/mol. The van der Waals surface area contributed by atoms with Crippen molar-refractivity contribution in [1.82, 2.24) is 14.5 Å². The highest BCUT2D eigenvalue weighted by atomic mass is 16.5. The van der Waals surface area contributed by atoms with E-state index in [0.29, 0.717) is 47.8 Å². The van der Waals surface area contributed by atoms with Crippen LogP contribution >= 0.6 is 0 Å². The van der Waals surface area contributed by atoms with Gasteiger partial charge in [0.15, 0.2) is 11.6 Å². The molecule has 2 atom stereocenters. The Kier molecular flexibility index (Phi) is 4.64. The highest BCUT2D eigenvalue weighted by Crippen LogP contribution is 2.44. The quantitative estimate of drug-likeness (QED) is 0.773. The van der Waals surface area contributed by atoms with E-state index in [1.165, 1.54) is 11.0 Å². The fraction of sp³-hybridized carbons (Fsp3) is 0.391. The topological polar surface area (TPSA) is 91.5 Å². The number of likely N-dealkylation sites (tertiary alicyclic amines) is 1. The van der Waals surface area contributed by atoms with Crippen molar-refractivity contribution < 1.29 is 14.3 Å². The summed E-state index contributed by atoms with van der Waals surface area (Å²) in [5.41, 5.74) is 1.72. The van der Waals surface area contributed by atoms with Gasteiger partial charge in [0.1, 0.15) is 12.1 Å². The molecule has 3 aliphatic rings. The van der Waals surface area contributed by atoms with E-state index in [1.807, 2.05) is 9.80 Å². The summed E-state index contributed by atoms with van der Waals surface area (Å²) >= 11 is 0. The average Bonchev–Trinajstić information content (AvgIpc) is 3.57. The van der Waals surface area contributed by atoms with Crippen molar-refractivity contribution in [3.63, 3.8) is 0 Å². The Balaban J connectivity index is 1.42. The highest BCUT2D eigenvalue weighted by Gasteiger charge is 2.46. The van der Waals surface area contributed by atoms with Crippen LogP contribution in [0.25, 0.3) is 0 Å². The molecule has 1 aliphatic carbocycles. The molecule has 1 amide bonds. The Hall–Kier alpha value is -3.42. The lowest BCUT2D eigenvalue weighted by Crippen LogP contribution is -2.37. The van der Waals surface area contributed by atoms with Gasteiger partial charge in [0.25, 0.3) is 11.8 Å². The zero-order valence-corrected chi connectivity index (χ0v) is 17.5. The lowest BCUT2D eigenvalue weighted by Gasteiger charge is -2.31. The average molecular weight is 419 g/mol. The van der Waals surface area contributed by atoms with E-state index >= 15 is 0 Å². The summed E-state index contributed by atoms with van der Waals surface area (Å²) in [6, 6.07) is 5.56. The van der Waals surface area contributed by atoms with Crippen LogP contribution in [0.5, 0.6) is 5.75 Å².